The largest absolute Gasteiger partial charge is 0.494 e. The number of thioether (sulfide) groups is 1. The number of nitrogens with zero attached hydrogens (tertiary/aromatic N) is 2. The summed E-state index contributed by atoms with van der Waals surface area (Å²) in [6.45, 7) is 0.799. The minimum absolute atomic E-state index is 0.571. The van der Waals surface area contributed by atoms with Gasteiger partial charge in [-0.1, -0.05) is 41.3 Å². The highest BCUT2D eigenvalue weighted by atomic mass is 32.2. The first kappa shape index (κ1) is 23.7. The van der Waals surface area contributed by atoms with Crippen molar-refractivity contribution in [3.05, 3.63) is 59.9 Å². The molecule has 3 aromatic rings. The van der Waals surface area contributed by atoms with Crippen molar-refractivity contribution in [2.45, 2.75) is 19.3 Å². The SMILES string of the molecule is CN/C=C(\N)CCCSC(N)=Nc1ccc(CCNc2nc3c(OC)cccc3s2)cc1. The normalized spacial score (nSPS) is 12.2. The molecule has 0 spiro atoms. The van der Waals surface area contributed by atoms with Crippen molar-refractivity contribution in [2.24, 2.45) is 16.5 Å². The van der Waals surface area contributed by atoms with E-state index in [-0.39, 0.29) is 0 Å². The first-order valence-corrected chi connectivity index (χ1v) is 12.2. The van der Waals surface area contributed by atoms with Crippen LogP contribution in [0.5, 0.6) is 5.75 Å². The molecular weight excluding hydrogens is 440 g/mol. The van der Waals surface area contributed by atoms with E-state index in [0.29, 0.717) is 5.17 Å². The Labute approximate surface area is 197 Å². The maximum Gasteiger partial charge on any atom is 0.183 e. The standard InChI is InChI=1S/C23H30N6OS2/c1-26-15-17(24)5-4-14-31-22(25)28-18-10-8-16(9-11-18)12-13-27-23-29-21-19(30-2)6-3-7-20(21)32-23/h3,6-11,15,26H,4-5,12-14,24H2,1-2H3,(H2,25,28)(H,27,29)/b17-15-. The van der Waals surface area contributed by atoms with Crippen molar-refractivity contribution >= 4 is 49.3 Å². The minimum atomic E-state index is 0.571. The fraction of sp³-hybridized carbons (Fsp3) is 0.304. The van der Waals surface area contributed by atoms with Gasteiger partial charge in [-0.3, -0.25) is 0 Å². The third-order valence-corrected chi connectivity index (χ3v) is 6.52. The van der Waals surface area contributed by atoms with Crippen LogP contribution in [0, 0.1) is 0 Å². The van der Waals surface area contributed by atoms with E-state index in [1.54, 1.807) is 30.2 Å². The zero-order valence-corrected chi connectivity index (χ0v) is 20.1. The number of rotatable bonds is 11. The number of benzene rings is 2. The number of aromatic nitrogens is 1. The van der Waals surface area contributed by atoms with Gasteiger partial charge >= 0.3 is 0 Å². The molecule has 1 heterocycles. The highest BCUT2D eigenvalue weighted by Crippen LogP contribution is 2.32. The molecule has 0 bridgehead atoms. The lowest BCUT2D eigenvalue weighted by Crippen LogP contribution is -2.08. The third kappa shape index (κ3) is 7.06. The summed E-state index contributed by atoms with van der Waals surface area (Å²) in [6, 6.07) is 14.1. The van der Waals surface area contributed by atoms with E-state index >= 15 is 0 Å². The molecule has 1 aromatic heterocycles. The van der Waals surface area contributed by atoms with Crippen LogP contribution in [0.2, 0.25) is 0 Å². The van der Waals surface area contributed by atoms with Crippen LogP contribution >= 0.6 is 23.1 Å². The van der Waals surface area contributed by atoms with E-state index in [0.717, 1.165) is 64.0 Å². The summed E-state index contributed by atoms with van der Waals surface area (Å²) in [7, 11) is 3.51. The van der Waals surface area contributed by atoms with Crippen molar-refractivity contribution in [2.75, 3.05) is 31.8 Å². The van der Waals surface area contributed by atoms with Crippen molar-refractivity contribution in [1.29, 1.82) is 0 Å². The van der Waals surface area contributed by atoms with Crippen LogP contribution in [-0.2, 0) is 6.42 Å². The van der Waals surface area contributed by atoms with Crippen LogP contribution in [0.15, 0.2) is 59.4 Å². The van der Waals surface area contributed by atoms with Gasteiger partial charge in [0.15, 0.2) is 10.3 Å². The van der Waals surface area contributed by atoms with Gasteiger partial charge in [0, 0.05) is 31.2 Å². The van der Waals surface area contributed by atoms with Crippen LogP contribution in [0.25, 0.3) is 10.2 Å². The van der Waals surface area contributed by atoms with Gasteiger partial charge in [-0.15, -0.1) is 0 Å². The summed E-state index contributed by atoms with van der Waals surface area (Å²) in [5, 5.41) is 7.81. The lowest BCUT2D eigenvalue weighted by molar-refractivity contribution is 0.419. The summed E-state index contributed by atoms with van der Waals surface area (Å²) < 4.78 is 6.50. The van der Waals surface area contributed by atoms with Gasteiger partial charge in [-0.05, 0) is 49.1 Å². The van der Waals surface area contributed by atoms with Crippen LogP contribution in [0.1, 0.15) is 18.4 Å². The molecule has 0 aliphatic carbocycles. The number of methoxy groups -OCH3 is 1. The number of thiazole rings is 1. The Morgan fingerprint density at radius 1 is 1.22 bits per heavy atom. The number of nitrogens with two attached hydrogens (primary N) is 2. The van der Waals surface area contributed by atoms with Gasteiger partial charge in [-0.2, -0.15) is 0 Å². The summed E-state index contributed by atoms with van der Waals surface area (Å²) >= 11 is 3.18. The summed E-state index contributed by atoms with van der Waals surface area (Å²) in [4.78, 5) is 9.13. The van der Waals surface area contributed by atoms with Crippen LogP contribution < -0.4 is 26.8 Å². The molecule has 170 valence electrons. The Morgan fingerprint density at radius 3 is 2.78 bits per heavy atom. The molecule has 0 amide bonds. The van der Waals surface area contributed by atoms with Crippen LogP contribution in [-0.4, -0.2) is 36.6 Å². The van der Waals surface area contributed by atoms with E-state index in [1.165, 1.54) is 5.56 Å². The average molecular weight is 471 g/mol. The van der Waals surface area contributed by atoms with Crippen LogP contribution in [0.4, 0.5) is 10.8 Å². The predicted molar refractivity (Wildman–Crippen MR) is 139 cm³/mol. The Balaban J connectivity index is 1.44. The van der Waals surface area contributed by atoms with Gasteiger partial charge in [0.25, 0.3) is 0 Å². The van der Waals surface area contributed by atoms with E-state index in [2.05, 4.69) is 38.8 Å². The van der Waals surface area contributed by atoms with Crippen molar-refractivity contribution in [1.82, 2.24) is 10.3 Å². The fourth-order valence-corrected chi connectivity index (χ4v) is 4.66. The summed E-state index contributed by atoms with van der Waals surface area (Å²) in [5.41, 5.74) is 15.7. The second-order valence-electron chi connectivity index (χ2n) is 7.08. The molecule has 32 heavy (non-hydrogen) atoms. The third-order valence-electron chi connectivity index (χ3n) is 4.66. The number of ether oxygens (including phenoxy) is 1. The molecule has 7 nitrogen and oxygen atoms in total. The van der Waals surface area contributed by atoms with Gasteiger partial charge in [0.1, 0.15) is 11.3 Å². The molecule has 0 saturated heterocycles. The second kappa shape index (κ2) is 12.2. The Kier molecular flexibility index (Phi) is 9.06. The number of amidine groups is 1. The van der Waals surface area contributed by atoms with Crippen molar-refractivity contribution in [3.63, 3.8) is 0 Å². The average Bonchev–Trinajstić information content (AvgIpc) is 3.21. The van der Waals surface area contributed by atoms with Gasteiger partial charge in [-0.25, -0.2) is 9.98 Å². The number of fused-ring (bicyclic) bond motifs is 1. The quantitative estimate of drug-likeness (QED) is 0.186. The monoisotopic (exact) mass is 470 g/mol. The number of hydrogen-bond donors (Lipinski definition) is 4. The molecule has 0 unspecified atom stereocenters. The molecule has 0 saturated carbocycles. The topological polar surface area (TPSA) is 111 Å². The number of anilines is 1. The molecule has 0 fully saturated rings. The Morgan fingerprint density at radius 2 is 2.03 bits per heavy atom. The zero-order chi connectivity index (χ0) is 22.8. The fourth-order valence-electron chi connectivity index (χ4n) is 3.08. The molecule has 9 heteroatoms. The number of para-hydroxylation sites is 1. The van der Waals surface area contributed by atoms with E-state index in [1.807, 2.05) is 37.5 Å². The van der Waals surface area contributed by atoms with Crippen molar-refractivity contribution < 1.29 is 4.74 Å². The van der Waals surface area contributed by atoms with E-state index < -0.39 is 0 Å². The minimum Gasteiger partial charge on any atom is -0.494 e. The zero-order valence-electron chi connectivity index (χ0n) is 18.4. The number of nitrogens with one attached hydrogen (secondary N) is 2. The number of aliphatic imine (C=N–C) groups is 1. The molecule has 0 radical (unpaired) electrons. The van der Waals surface area contributed by atoms with Gasteiger partial charge in [0.2, 0.25) is 0 Å². The summed E-state index contributed by atoms with van der Waals surface area (Å²) in [5.74, 6) is 1.68. The summed E-state index contributed by atoms with van der Waals surface area (Å²) in [6.07, 6.45) is 4.50. The molecule has 0 aliphatic rings. The van der Waals surface area contributed by atoms with E-state index in [4.69, 9.17) is 16.2 Å². The highest BCUT2D eigenvalue weighted by Gasteiger charge is 2.08. The Bertz CT molecular complexity index is 1060. The molecular formula is C23H30N6OS2. The van der Waals surface area contributed by atoms with Gasteiger partial charge < -0.3 is 26.8 Å². The molecule has 2 aromatic carbocycles. The smallest absolute Gasteiger partial charge is 0.183 e. The number of allylic oxidation sites excluding steroid dienone is 1. The molecule has 6 N–H and O–H groups in total. The first-order valence-electron chi connectivity index (χ1n) is 10.4. The van der Waals surface area contributed by atoms with E-state index in [9.17, 15) is 0 Å². The number of hydrogen-bond acceptors (Lipinski definition) is 8. The predicted octanol–water partition coefficient (Wildman–Crippen LogP) is 4.44. The molecule has 0 aliphatic heterocycles. The lowest BCUT2D eigenvalue weighted by Gasteiger charge is -2.05. The van der Waals surface area contributed by atoms with Gasteiger partial charge in [0.05, 0.1) is 17.5 Å². The Hall–Kier alpha value is -2.91. The van der Waals surface area contributed by atoms with Crippen molar-refractivity contribution in [3.8, 4) is 5.75 Å². The second-order valence-corrected chi connectivity index (χ2v) is 9.23. The maximum atomic E-state index is 6.05. The molecule has 3 rings (SSSR count). The maximum absolute atomic E-state index is 6.05. The van der Waals surface area contributed by atoms with Crippen LogP contribution in [0.3, 0.4) is 0 Å². The lowest BCUT2D eigenvalue weighted by atomic mass is 10.1. The first-order chi connectivity index (χ1) is 15.6. The molecule has 0 atom stereocenters. The highest BCUT2D eigenvalue weighted by molar-refractivity contribution is 8.13.